The summed E-state index contributed by atoms with van der Waals surface area (Å²) >= 11 is 0. The lowest BCUT2D eigenvalue weighted by Crippen LogP contribution is -2.44. The van der Waals surface area contributed by atoms with Crippen LogP contribution in [0.25, 0.3) is 0 Å². The topological polar surface area (TPSA) is 41.3 Å². The predicted octanol–water partition coefficient (Wildman–Crippen LogP) is 0.285. The van der Waals surface area contributed by atoms with Crippen molar-refractivity contribution in [1.82, 2.24) is 10.2 Å². The highest BCUT2D eigenvalue weighted by Gasteiger charge is 2.28. The van der Waals surface area contributed by atoms with Gasteiger partial charge in [-0.3, -0.25) is 10.2 Å². The van der Waals surface area contributed by atoms with E-state index in [1.807, 2.05) is 0 Å². The van der Waals surface area contributed by atoms with E-state index in [1.165, 1.54) is 18.4 Å². The maximum absolute atomic E-state index is 5.63. The van der Waals surface area contributed by atoms with Gasteiger partial charge >= 0.3 is 0 Å². The normalized spacial score (nSPS) is 35.4. The molecule has 0 aromatic rings. The van der Waals surface area contributed by atoms with Crippen LogP contribution in [0.5, 0.6) is 0 Å². The SMILES string of the molecule is CC1=CCN(C2CCC(CN)N2)C1. The van der Waals surface area contributed by atoms with Gasteiger partial charge in [0.2, 0.25) is 0 Å². The van der Waals surface area contributed by atoms with Crippen molar-refractivity contribution in [2.24, 2.45) is 5.73 Å². The summed E-state index contributed by atoms with van der Waals surface area (Å²) in [5, 5.41) is 3.57. The summed E-state index contributed by atoms with van der Waals surface area (Å²) in [7, 11) is 0. The molecular weight excluding hydrogens is 162 g/mol. The quantitative estimate of drug-likeness (QED) is 0.601. The summed E-state index contributed by atoms with van der Waals surface area (Å²) in [5.74, 6) is 0. The maximum Gasteiger partial charge on any atom is 0.0606 e. The van der Waals surface area contributed by atoms with E-state index in [2.05, 4.69) is 23.2 Å². The van der Waals surface area contributed by atoms with Gasteiger partial charge in [-0.2, -0.15) is 0 Å². The Kier molecular flexibility index (Phi) is 2.67. The Hall–Kier alpha value is -0.380. The van der Waals surface area contributed by atoms with E-state index in [4.69, 9.17) is 5.73 Å². The smallest absolute Gasteiger partial charge is 0.0606 e. The zero-order valence-electron chi connectivity index (χ0n) is 8.29. The molecule has 74 valence electrons. The van der Waals surface area contributed by atoms with Crippen LogP contribution in [0.15, 0.2) is 11.6 Å². The van der Waals surface area contributed by atoms with Crippen LogP contribution in [0, 0.1) is 0 Å². The van der Waals surface area contributed by atoms with E-state index in [9.17, 15) is 0 Å². The summed E-state index contributed by atoms with van der Waals surface area (Å²) in [6, 6.07) is 0.547. The molecule has 2 aliphatic rings. The fourth-order valence-corrected chi connectivity index (χ4v) is 2.23. The molecule has 0 radical (unpaired) electrons. The Morgan fingerprint density at radius 3 is 3.00 bits per heavy atom. The van der Waals surface area contributed by atoms with Crippen molar-refractivity contribution in [3.63, 3.8) is 0 Å². The zero-order valence-corrected chi connectivity index (χ0v) is 8.29. The number of nitrogens with one attached hydrogen (secondary N) is 1. The van der Waals surface area contributed by atoms with Crippen LogP contribution in [0.4, 0.5) is 0 Å². The summed E-state index contributed by atoms with van der Waals surface area (Å²) in [6.45, 7) is 5.22. The summed E-state index contributed by atoms with van der Waals surface area (Å²) in [6.07, 6.45) is 5.37. The maximum atomic E-state index is 5.63. The molecule has 0 aromatic carbocycles. The first-order valence-corrected chi connectivity index (χ1v) is 5.15. The van der Waals surface area contributed by atoms with Crippen LogP contribution in [0.2, 0.25) is 0 Å². The first kappa shape index (κ1) is 9.19. The number of nitrogens with two attached hydrogens (primary N) is 1. The van der Waals surface area contributed by atoms with Gasteiger partial charge in [0.15, 0.2) is 0 Å². The van der Waals surface area contributed by atoms with Crippen molar-refractivity contribution in [2.75, 3.05) is 19.6 Å². The van der Waals surface area contributed by atoms with Gasteiger partial charge in [-0.25, -0.2) is 0 Å². The summed E-state index contributed by atoms with van der Waals surface area (Å²) in [4.78, 5) is 2.49. The van der Waals surface area contributed by atoms with Gasteiger partial charge in [0, 0.05) is 25.7 Å². The molecule has 1 saturated heterocycles. The number of hydrogen-bond donors (Lipinski definition) is 2. The van der Waals surface area contributed by atoms with Gasteiger partial charge in [0.25, 0.3) is 0 Å². The molecular formula is C10H19N3. The Morgan fingerprint density at radius 1 is 1.62 bits per heavy atom. The lowest BCUT2D eigenvalue weighted by Gasteiger charge is -2.24. The standard InChI is InChI=1S/C10H19N3/c1-8-4-5-13(7-8)10-3-2-9(6-11)12-10/h4,9-10,12H,2-3,5-7,11H2,1H3. The highest BCUT2D eigenvalue weighted by atomic mass is 15.3. The van der Waals surface area contributed by atoms with E-state index in [-0.39, 0.29) is 0 Å². The lowest BCUT2D eigenvalue weighted by molar-refractivity contribution is 0.226. The lowest BCUT2D eigenvalue weighted by atomic mass is 10.2. The van der Waals surface area contributed by atoms with E-state index in [1.54, 1.807) is 0 Å². The van der Waals surface area contributed by atoms with E-state index >= 15 is 0 Å². The molecule has 0 saturated carbocycles. The van der Waals surface area contributed by atoms with Crippen LogP contribution in [-0.4, -0.2) is 36.7 Å². The number of rotatable bonds is 2. The zero-order chi connectivity index (χ0) is 9.26. The third kappa shape index (κ3) is 1.93. The molecule has 0 aromatic heterocycles. The summed E-state index contributed by atoms with van der Waals surface area (Å²) in [5.41, 5.74) is 7.13. The van der Waals surface area contributed by atoms with Crippen molar-refractivity contribution in [3.05, 3.63) is 11.6 Å². The minimum Gasteiger partial charge on any atom is -0.329 e. The average Bonchev–Trinajstić information content (AvgIpc) is 2.71. The molecule has 2 heterocycles. The molecule has 2 aliphatic heterocycles. The highest BCUT2D eigenvalue weighted by Crippen LogP contribution is 2.19. The molecule has 2 unspecified atom stereocenters. The van der Waals surface area contributed by atoms with Crippen LogP contribution < -0.4 is 11.1 Å². The van der Waals surface area contributed by atoms with Gasteiger partial charge in [0.1, 0.15) is 0 Å². The highest BCUT2D eigenvalue weighted by molar-refractivity contribution is 5.09. The van der Waals surface area contributed by atoms with Crippen molar-refractivity contribution in [2.45, 2.75) is 32.0 Å². The van der Waals surface area contributed by atoms with E-state index in [0.29, 0.717) is 12.2 Å². The second kappa shape index (κ2) is 3.78. The van der Waals surface area contributed by atoms with Crippen LogP contribution in [0.1, 0.15) is 19.8 Å². The molecule has 0 spiro atoms. The molecule has 0 amide bonds. The molecule has 2 atom stereocenters. The fraction of sp³-hybridized carbons (Fsp3) is 0.800. The molecule has 13 heavy (non-hydrogen) atoms. The van der Waals surface area contributed by atoms with Gasteiger partial charge in [0.05, 0.1) is 6.17 Å². The minimum absolute atomic E-state index is 0.547. The third-order valence-corrected chi connectivity index (χ3v) is 3.07. The van der Waals surface area contributed by atoms with E-state index in [0.717, 1.165) is 19.6 Å². The van der Waals surface area contributed by atoms with Crippen molar-refractivity contribution < 1.29 is 0 Å². The Balaban J connectivity index is 1.84. The van der Waals surface area contributed by atoms with E-state index < -0.39 is 0 Å². The first-order chi connectivity index (χ1) is 6.29. The van der Waals surface area contributed by atoms with Gasteiger partial charge in [-0.05, 0) is 19.8 Å². The van der Waals surface area contributed by atoms with Gasteiger partial charge in [-0.15, -0.1) is 0 Å². The Labute approximate surface area is 80.0 Å². The Morgan fingerprint density at radius 2 is 2.46 bits per heavy atom. The van der Waals surface area contributed by atoms with Crippen LogP contribution in [0.3, 0.4) is 0 Å². The van der Waals surface area contributed by atoms with Crippen LogP contribution in [-0.2, 0) is 0 Å². The number of nitrogens with zero attached hydrogens (tertiary/aromatic N) is 1. The fourth-order valence-electron chi connectivity index (χ4n) is 2.23. The second-order valence-corrected chi connectivity index (χ2v) is 4.17. The van der Waals surface area contributed by atoms with Gasteiger partial charge < -0.3 is 5.73 Å². The van der Waals surface area contributed by atoms with Gasteiger partial charge in [-0.1, -0.05) is 11.6 Å². The largest absolute Gasteiger partial charge is 0.329 e. The third-order valence-electron chi connectivity index (χ3n) is 3.07. The molecule has 3 nitrogen and oxygen atoms in total. The molecule has 2 rings (SSSR count). The number of hydrogen-bond acceptors (Lipinski definition) is 3. The average molecular weight is 181 g/mol. The van der Waals surface area contributed by atoms with Crippen LogP contribution >= 0.6 is 0 Å². The molecule has 3 N–H and O–H groups in total. The Bertz CT molecular complexity index is 212. The molecule has 3 heteroatoms. The second-order valence-electron chi connectivity index (χ2n) is 4.17. The van der Waals surface area contributed by atoms with Crippen molar-refractivity contribution in [3.8, 4) is 0 Å². The van der Waals surface area contributed by atoms with Crippen molar-refractivity contribution >= 4 is 0 Å². The molecule has 0 bridgehead atoms. The predicted molar refractivity (Wildman–Crippen MR) is 54.3 cm³/mol. The monoisotopic (exact) mass is 181 g/mol. The minimum atomic E-state index is 0.547. The molecule has 1 fully saturated rings. The van der Waals surface area contributed by atoms with Crippen molar-refractivity contribution in [1.29, 1.82) is 0 Å². The molecule has 0 aliphatic carbocycles. The first-order valence-electron chi connectivity index (χ1n) is 5.15. The summed E-state index contributed by atoms with van der Waals surface area (Å²) < 4.78 is 0.